The van der Waals surface area contributed by atoms with Crippen LogP contribution in [0.3, 0.4) is 0 Å². The second kappa shape index (κ2) is 5.49. The maximum absolute atomic E-state index is 9.24. The van der Waals surface area contributed by atoms with Crippen molar-refractivity contribution in [3.8, 4) is 0 Å². The molecule has 0 radical (unpaired) electrons. The lowest BCUT2D eigenvalue weighted by molar-refractivity contribution is 0.0140. The van der Waals surface area contributed by atoms with E-state index in [1.165, 1.54) is 0 Å². The minimum atomic E-state index is -0.684. The zero-order valence-corrected chi connectivity index (χ0v) is 6.77. The first-order chi connectivity index (χ1) is 5.13. The summed E-state index contributed by atoms with van der Waals surface area (Å²) >= 11 is 0. The third-order valence-electron chi connectivity index (χ3n) is 1.88. The van der Waals surface area contributed by atoms with Crippen molar-refractivity contribution in [3.05, 3.63) is 0 Å². The molecule has 0 aromatic rings. The Morgan fingerprint density at radius 1 is 1.27 bits per heavy atom. The van der Waals surface area contributed by atoms with Crippen LogP contribution in [0.15, 0.2) is 0 Å². The molecule has 0 aromatic carbocycles. The van der Waals surface area contributed by atoms with Crippen molar-refractivity contribution in [1.82, 2.24) is 0 Å². The molecule has 0 saturated carbocycles. The van der Waals surface area contributed by atoms with Crippen molar-refractivity contribution in [1.29, 1.82) is 0 Å². The van der Waals surface area contributed by atoms with Crippen molar-refractivity contribution < 1.29 is 15.3 Å². The molecule has 0 fully saturated rings. The van der Waals surface area contributed by atoms with Gasteiger partial charge in [0.2, 0.25) is 0 Å². The van der Waals surface area contributed by atoms with Gasteiger partial charge in [0.25, 0.3) is 0 Å². The molecule has 4 nitrogen and oxygen atoms in total. The van der Waals surface area contributed by atoms with E-state index in [1.807, 2.05) is 0 Å². The maximum atomic E-state index is 9.24. The first-order valence-electron chi connectivity index (χ1n) is 3.80. The standard InChI is InChI=1S/C7H17NO3/c1-5(7(11)4-8)6(10)2-3-9/h5-7,9-11H,2-4,8H2,1H3/t5?,6?,7-/m0/s1. The Hall–Kier alpha value is -0.160. The topological polar surface area (TPSA) is 86.7 Å². The van der Waals surface area contributed by atoms with Crippen LogP contribution in [0, 0.1) is 5.92 Å². The van der Waals surface area contributed by atoms with E-state index in [-0.39, 0.29) is 25.5 Å². The van der Waals surface area contributed by atoms with Gasteiger partial charge in [0, 0.05) is 19.1 Å². The predicted molar refractivity (Wildman–Crippen MR) is 41.9 cm³/mol. The molecule has 0 aromatic heterocycles. The number of rotatable bonds is 5. The van der Waals surface area contributed by atoms with Crippen molar-refractivity contribution in [2.24, 2.45) is 11.7 Å². The van der Waals surface area contributed by atoms with Gasteiger partial charge in [0.15, 0.2) is 0 Å². The van der Waals surface area contributed by atoms with Gasteiger partial charge in [-0.1, -0.05) is 6.92 Å². The number of hydrogen-bond donors (Lipinski definition) is 4. The molecule has 0 aliphatic carbocycles. The molecule has 3 atom stereocenters. The Bertz CT molecular complexity index is 99.7. The van der Waals surface area contributed by atoms with Gasteiger partial charge >= 0.3 is 0 Å². The average Bonchev–Trinajstić information content (AvgIpc) is 2.02. The largest absolute Gasteiger partial charge is 0.396 e. The molecule has 0 saturated heterocycles. The molecule has 5 N–H and O–H groups in total. The third kappa shape index (κ3) is 3.67. The molecule has 0 spiro atoms. The monoisotopic (exact) mass is 163 g/mol. The van der Waals surface area contributed by atoms with E-state index in [2.05, 4.69) is 0 Å². The fourth-order valence-corrected chi connectivity index (χ4v) is 0.866. The SMILES string of the molecule is CC(C(O)CCO)[C@@H](O)CN. The Kier molecular flexibility index (Phi) is 5.41. The van der Waals surface area contributed by atoms with Crippen LogP contribution >= 0.6 is 0 Å². The zero-order chi connectivity index (χ0) is 8.85. The van der Waals surface area contributed by atoms with E-state index in [1.54, 1.807) is 6.92 Å². The summed E-state index contributed by atoms with van der Waals surface area (Å²) in [6.07, 6.45) is -1.06. The quantitative estimate of drug-likeness (QED) is 0.405. The van der Waals surface area contributed by atoms with Crippen molar-refractivity contribution in [2.45, 2.75) is 25.6 Å². The number of nitrogens with two attached hydrogens (primary N) is 1. The van der Waals surface area contributed by atoms with Gasteiger partial charge < -0.3 is 21.1 Å². The highest BCUT2D eigenvalue weighted by Crippen LogP contribution is 2.10. The van der Waals surface area contributed by atoms with Crippen LogP contribution in [0.2, 0.25) is 0 Å². The number of hydrogen-bond acceptors (Lipinski definition) is 4. The molecule has 0 rings (SSSR count). The summed E-state index contributed by atoms with van der Waals surface area (Å²) in [5.74, 6) is -0.271. The van der Waals surface area contributed by atoms with E-state index in [4.69, 9.17) is 15.9 Å². The predicted octanol–water partition coefficient (Wildman–Crippen LogP) is -1.31. The summed E-state index contributed by atoms with van der Waals surface area (Å²) in [5, 5.41) is 26.9. The van der Waals surface area contributed by atoms with Crippen LogP contribution in [-0.4, -0.2) is 40.7 Å². The summed E-state index contributed by atoms with van der Waals surface area (Å²) in [5.41, 5.74) is 5.18. The summed E-state index contributed by atoms with van der Waals surface area (Å²) in [7, 11) is 0. The lowest BCUT2D eigenvalue weighted by Crippen LogP contribution is -2.35. The van der Waals surface area contributed by atoms with Crippen LogP contribution in [0.5, 0.6) is 0 Å². The van der Waals surface area contributed by atoms with Gasteiger partial charge in [0.05, 0.1) is 12.2 Å². The molecule has 4 heteroatoms. The molecule has 0 amide bonds. The van der Waals surface area contributed by atoms with E-state index in [0.717, 1.165) is 0 Å². The molecular weight excluding hydrogens is 146 g/mol. The molecule has 2 unspecified atom stereocenters. The molecule has 0 aliphatic rings. The minimum Gasteiger partial charge on any atom is -0.396 e. The van der Waals surface area contributed by atoms with Gasteiger partial charge in [-0.05, 0) is 6.42 Å². The Morgan fingerprint density at radius 2 is 1.82 bits per heavy atom. The van der Waals surface area contributed by atoms with Crippen LogP contribution in [-0.2, 0) is 0 Å². The highest BCUT2D eigenvalue weighted by molar-refractivity contribution is 4.72. The maximum Gasteiger partial charge on any atom is 0.0712 e. The lowest BCUT2D eigenvalue weighted by Gasteiger charge is -2.22. The van der Waals surface area contributed by atoms with Gasteiger partial charge in [-0.3, -0.25) is 0 Å². The summed E-state index contributed by atoms with van der Waals surface area (Å²) in [4.78, 5) is 0. The van der Waals surface area contributed by atoms with E-state index in [9.17, 15) is 5.11 Å². The van der Waals surface area contributed by atoms with Crippen molar-refractivity contribution in [3.63, 3.8) is 0 Å². The second-order valence-corrected chi connectivity index (χ2v) is 2.74. The molecule has 11 heavy (non-hydrogen) atoms. The van der Waals surface area contributed by atoms with E-state index in [0.29, 0.717) is 0 Å². The molecule has 0 heterocycles. The fraction of sp³-hybridized carbons (Fsp3) is 1.00. The fourth-order valence-electron chi connectivity index (χ4n) is 0.866. The summed E-state index contributed by atoms with van der Waals surface area (Å²) in [6, 6.07) is 0. The summed E-state index contributed by atoms with van der Waals surface area (Å²) in [6.45, 7) is 1.78. The van der Waals surface area contributed by atoms with E-state index >= 15 is 0 Å². The molecule has 0 aliphatic heterocycles. The van der Waals surface area contributed by atoms with Gasteiger partial charge in [-0.25, -0.2) is 0 Å². The Balaban J connectivity index is 3.70. The van der Waals surface area contributed by atoms with Crippen LogP contribution in [0.25, 0.3) is 0 Å². The highest BCUT2D eigenvalue weighted by atomic mass is 16.3. The highest BCUT2D eigenvalue weighted by Gasteiger charge is 2.20. The third-order valence-corrected chi connectivity index (χ3v) is 1.88. The second-order valence-electron chi connectivity index (χ2n) is 2.74. The van der Waals surface area contributed by atoms with Gasteiger partial charge in [-0.15, -0.1) is 0 Å². The molecule has 0 bridgehead atoms. The Labute approximate surface area is 66.7 Å². The molecule has 68 valence electrons. The van der Waals surface area contributed by atoms with Crippen LogP contribution in [0.1, 0.15) is 13.3 Å². The Morgan fingerprint density at radius 3 is 2.18 bits per heavy atom. The number of aliphatic hydroxyl groups excluding tert-OH is 3. The normalized spacial score (nSPS) is 19.4. The lowest BCUT2D eigenvalue weighted by atomic mass is 9.96. The van der Waals surface area contributed by atoms with Gasteiger partial charge in [0.1, 0.15) is 0 Å². The average molecular weight is 163 g/mol. The van der Waals surface area contributed by atoms with Crippen LogP contribution in [0.4, 0.5) is 0 Å². The summed E-state index contributed by atoms with van der Waals surface area (Å²) < 4.78 is 0. The zero-order valence-electron chi connectivity index (χ0n) is 6.77. The first kappa shape index (κ1) is 10.8. The minimum absolute atomic E-state index is 0.0667. The van der Waals surface area contributed by atoms with E-state index < -0.39 is 12.2 Å². The first-order valence-corrected chi connectivity index (χ1v) is 3.80. The van der Waals surface area contributed by atoms with Gasteiger partial charge in [-0.2, -0.15) is 0 Å². The van der Waals surface area contributed by atoms with Crippen LogP contribution < -0.4 is 5.73 Å². The molecular formula is C7H17NO3. The van der Waals surface area contributed by atoms with Crippen molar-refractivity contribution in [2.75, 3.05) is 13.2 Å². The smallest absolute Gasteiger partial charge is 0.0712 e. The number of aliphatic hydroxyl groups is 3. The van der Waals surface area contributed by atoms with Crippen molar-refractivity contribution >= 4 is 0 Å².